The molecule has 0 aromatic heterocycles. The summed E-state index contributed by atoms with van der Waals surface area (Å²) in [6.45, 7) is 4.30. The molecule has 1 aliphatic rings. The predicted molar refractivity (Wildman–Crippen MR) is 87.0 cm³/mol. The molecule has 0 saturated heterocycles. The SMILES string of the molecule is CCC1CCC(Oc2ccc(CC(C)N)cc2OC)CC1. The van der Waals surface area contributed by atoms with Crippen molar-refractivity contribution in [3.8, 4) is 11.5 Å². The summed E-state index contributed by atoms with van der Waals surface area (Å²) in [6, 6.07) is 6.34. The van der Waals surface area contributed by atoms with Crippen LogP contribution in [0.1, 0.15) is 51.5 Å². The van der Waals surface area contributed by atoms with Crippen molar-refractivity contribution in [3.63, 3.8) is 0 Å². The highest BCUT2D eigenvalue weighted by molar-refractivity contribution is 5.43. The van der Waals surface area contributed by atoms with Gasteiger partial charge in [0.1, 0.15) is 0 Å². The van der Waals surface area contributed by atoms with Crippen LogP contribution in [-0.2, 0) is 6.42 Å². The lowest BCUT2D eigenvalue weighted by Gasteiger charge is -2.28. The van der Waals surface area contributed by atoms with E-state index in [1.807, 2.05) is 13.0 Å². The van der Waals surface area contributed by atoms with Gasteiger partial charge in [-0.05, 0) is 62.6 Å². The number of hydrogen-bond acceptors (Lipinski definition) is 3. The minimum atomic E-state index is 0.158. The third-order valence-corrected chi connectivity index (χ3v) is 4.45. The van der Waals surface area contributed by atoms with Crippen LogP contribution < -0.4 is 15.2 Å². The molecule has 1 unspecified atom stereocenters. The Morgan fingerprint density at radius 3 is 2.48 bits per heavy atom. The van der Waals surface area contributed by atoms with E-state index in [2.05, 4.69) is 19.1 Å². The van der Waals surface area contributed by atoms with E-state index < -0.39 is 0 Å². The number of benzene rings is 1. The first-order valence-electron chi connectivity index (χ1n) is 8.21. The summed E-state index contributed by atoms with van der Waals surface area (Å²) in [7, 11) is 1.70. The van der Waals surface area contributed by atoms with E-state index in [4.69, 9.17) is 15.2 Å². The molecule has 2 rings (SSSR count). The first-order valence-corrected chi connectivity index (χ1v) is 8.21. The van der Waals surface area contributed by atoms with Gasteiger partial charge in [-0.2, -0.15) is 0 Å². The molecule has 1 aromatic carbocycles. The molecule has 1 aromatic rings. The fourth-order valence-electron chi connectivity index (χ4n) is 3.15. The summed E-state index contributed by atoms with van der Waals surface area (Å²) >= 11 is 0. The fraction of sp³-hybridized carbons (Fsp3) is 0.667. The average molecular weight is 291 g/mol. The Morgan fingerprint density at radius 2 is 1.90 bits per heavy atom. The van der Waals surface area contributed by atoms with Crippen molar-refractivity contribution in [1.29, 1.82) is 0 Å². The molecule has 1 fully saturated rings. The van der Waals surface area contributed by atoms with Gasteiger partial charge in [-0.25, -0.2) is 0 Å². The highest BCUT2D eigenvalue weighted by Crippen LogP contribution is 2.34. The maximum Gasteiger partial charge on any atom is 0.161 e. The normalized spacial score (nSPS) is 23.6. The number of rotatable bonds is 6. The first-order chi connectivity index (χ1) is 10.1. The highest BCUT2D eigenvalue weighted by Gasteiger charge is 2.22. The number of ether oxygens (including phenoxy) is 2. The zero-order valence-electron chi connectivity index (χ0n) is 13.6. The molecule has 2 N–H and O–H groups in total. The minimum Gasteiger partial charge on any atom is -0.493 e. The second kappa shape index (κ2) is 7.69. The summed E-state index contributed by atoms with van der Waals surface area (Å²) in [5.41, 5.74) is 7.06. The Hall–Kier alpha value is -1.22. The zero-order chi connectivity index (χ0) is 15.2. The van der Waals surface area contributed by atoms with Gasteiger partial charge in [0.15, 0.2) is 11.5 Å². The topological polar surface area (TPSA) is 44.5 Å². The van der Waals surface area contributed by atoms with Gasteiger partial charge in [0.25, 0.3) is 0 Å². The molecule has 21 heavy (non-hydrogen) atoms. The van der Waals surface area contributed by atoms with Crippen LogP contribution in [-0.4, -0.2) is 19.3 Å². The van der Waals surface area contributed by atoms with Gasteiger partial charge in [0, 0.05) is 6.04 Å². The molecule has 3 heteroatoms. The Morgan fingerprint density at radius 1 is 1.19 bits per heavy atom. The lowest BCUT2D eigenvalue weighted by atomic mass is 9.86. The van der Waals surface area contributed by atoms with Gasteiger partial charge in [-0.3, -0.25) is 0 Å². The molecular formula is C18H29NO2. The van der Waals surface area contributed by atoms with Crippen LogP contribution in [0.5, 0.6) is 11.5 Å². The van der Waals surface area contributed by atoms with Crippen molar-refractivity contribution in [2.75, 3.05) is 7.11 Å². The smallest absolute Gasteiger partial charge is 0.161 e. The Bertz CT molecular complexity index is 437. The highest BCUT2D eigenvalue weighted by atomic mass is 16.5. The summed E-state index contributed by atoms with van der Waals surface area (Å²) in [5, 5.41) is 0. The molecule has 1 saturated carbocycles. The number of nitrogens with two attached hydrogens (primary N) is 1. The molecule has 3 nitrogen and oxygen atoms in total. The Balaban J connectivity index is 1.99. The van der Waals surface area contributed by atoms with Crippen LogP contribution >= 0.6 is 0 Å². The summed E-state index contributed by atoms with van der Waals surface area (Å²) < 4.78 is 11.7. The molecule has 0 radical (unpaired) electrons. The fourth-order valence-corrected chi connectivity index (χ4v) is 3.15. The quantitative estimate of drug-likeness (QED) is 0.863. The van der Waals surface area contributed by atoms with E-state index in [1.54, 1.807) is 7.11 Å². The van der Waals surface area contributed by atoms with Crippen molar-refractivity contribution < 1.29 is 9.47 Å². The van der Waals surface area contributed by atoms with Gasteiger partial charge in [-0.1, -0.05) is 19.4 Å². The second-order valence-electron chi connectivity index (χ2n) is 6.34. The Kier molecular flexibility index (Phi) is 5.92. The van der Waals surface area contributed by atoms with Crippen molar-refractivity contribution in [2.45, 2.75) is 64.5 Å². The predicted octanol–water partition coefficient (Wildman–Crippen LogP) is 3.93. The molecule has 0 aliphatic heterocycles. The number of hydrogen-bond donors (Lipinski definition) is 1. The van der Waals surface area contributed by atoms with Crippen LogP contribution in [0.4, 0.5) is 0 Å². The summed E-state index contributed by atoms with van der Waals surface area (Å²) in [6.07, 6.45) is 7.37. The van der Waals surface area contributed by atoms with E-state index in [1.165, 1.54) is 24.8 Å². The monoisotopic (exact) mass is 291 g/mol. The largest absolute Gasteiger partial charge is 0.493 e. The third kappa shape index (κ3) is 4.63. The van der Waals surface area contributed by atoms with E-state index in [9.17, 15) is 0 Å². The van der Waals surface area contributed by atoms with E-state index in [-0.39, 0.29) is 6.04 Å². The van der Waals surface area contributed by atoms with E-state index >= 15 is 0 Å². The minimum absolute atomic E-state index is 0.158. The van der Waals surface area contributed by atoms with Crippen LogP contribution in [0, 0.1) is 5.92 Å². The van der Waals surface area contributed by atoms with Gasteiger partial charge >= 0.3 is 0 Å². The molecule has 0 heterocycles. The molecule has 0 bridgehead atoms. The zero-order valence-corrected chi connectivity index (χ0v) is 13.6. The number of methoxy groups -OCH3 is 1. The molecule has 1 atom stereocenters. The maximum atomic E-state index is 6.17. The summed E-state index contributed by atoms with van der Waals surface area (Å²) in [5.74, 6) is 2.58. The van der Waals surface area contributed by atoms with Crippen molar-refractivity contribution in [2.24, 2.45) is 11.7 Å². The first kappa shape index (κ1) is 16.2. The molecule has 0 amide bonds. The Labute approximate surface area is 128 Å². The van der Waals surface area contributed by atoms with Crippen LogP contribution in [0.3, 0.4) is 0 Å². The van der Waals surface area contributed by atoms with Gasteiger partial charge < -0.3 is 15.2 Å². The van der Waals surface area contributed by atoms with Gasteiger partial charge in [-0.15, -0.1) is 0 Å². The molecule has 0 spiro atoms. The van der Waals surface area contributed by atoms with Crippen LogP contribution in [0.25, 0.3) is 0 Å². The maximum absolute atomic E-state index is 6.17. The molecule has 118 valence electrons. The second-order valence-corrected chi connectivity index (χ2v) is 6.34. The van der Waals surface area contributed by atoms with E-state index in [0.717, 1.165) is 36.7 Å². The van der Waals surface area contributed by atoms with Crippen molar-refractivity contribution in [1.82, 2.24) is 0 Å². The summed E-state index contributed by atoms with van der Waals surface area (Å²) in [4.78, 5) is 0. The van der Waals surface area contributed by atoms with Crippen LogP contribution in [0.2, 0.25) is 0 Å². The molecule has 1 aliphatic carbocycles. The van der Waals surface area contributed by atoms with Crippen molar-refractivity contribution in [3.05, 3.63) is 23.8 Å². The molecular weight excluding hydrogens is 262 g/mol. The third-order valence-electron chi connectivity index (χ3n) is 4.45. The van der Waals surface area contributed by atoms with E-state index in [0.29, 0.717) is 6.10 Å². The lowest BCUT2D eigenvalue weighted by molar-refractivity contribution is 0.126. The van der Waals surface area contributed by atoms with Gasteiger partial charge in [0.05, 0.1) is 13.2 Å². The lowest BCUT2D eigenvalue weighted by Crippen LogP contribution is -2.24. The average Bonchev–Trinajstić information content (AvgIpc) is 2.49. The van der Waals surface area contributed by atoms with Crippen LogP contribution in [0.15, 0.2) is 18.2 Å². The standard InChI is InChI=1S/C18H29NO2/c1-4-14-5-8-16(9-6-14)21-17-10-7-15(11-13(2)19)12-18(17)20-3/h7,10,12-14,16H,4-6,8-9,11,19H2,1-3H3. The van der Waals surface area contributed by atoms with Gasteiger partial charge in [0.2, 0.25) is 0 Å². The van der Waals surface area contributed by atoms with Crippen molar-refractivity contribution >= 4 is 0 Å².